The number of methoxy groups -OCH3 is 1. The van der Waals surface area contributed by atoms with Crippen molar-refractivity contribution in [2.45, 2.75) is 19.8 Å². The van der Waals surface area contributed by atoms with Gasteiger partial charge in [0, 0.05) is 6.61 Å². The highest BCUT2D eigenvalue weighted by molar-refractivity contribution is 5.38. The van der Waals surface area contributed by atoms with Gasteiger partial charge < -0.3 is 9.84 Å². The van der Waals surface area contributed by atoms with E-state index in [0.29, 0.717) is 24.2 Å². The number of aliphatic hydroxyl groups excluding tert-OH is 1. The highest BCUT2D eigenvalue weighted by Crippen LogP contribution is 2.23. The van der Waals surface area contributed by atoms with E-state index in [-0.39, 0.29) is 12.4 Å². The maximum atomic E-state index is 13.2. The summed E-state index contributed by atoms with van der Waals surface area (Å²) in [6, 6.07) is 3.16. The van der Waals surface area contributed by atoms with E-state index in [1.54, 1.807) is 20.1 Å². The van der Waals surface area contributed by atoms with Gasteiger partial charge in [0.15, 0.2) is 0 Å². The molecule has 0 heterocycles. The van der Waals surface area contributed by atoms with Crippen LogP contribution in [0.1, 0.15) is 17.5 Å². The van der Waals surface area contributed by atoms with Crippen molar-refractivity contribution in [3.05, 3.63) is 29.1 Å². The summed E-state index contributed by atoms with van der Waals surface area (Å²) in [6.45, 7) is 1.81. The van der Waals surface area contributed by atoms with Gasteiger partial charge in [-0.25, -0.2) is 4.39 Å². The first-order valence-electron chi connectivity index (χ1n) is 4.63. The van der Waals surface area contributed by atoms with Crippen LogP contribution in [0.2, 0.25) is 0 Å². The van der Waals surface area contributed by atoms with E-state index in [9.17, 15) is 4.39 Å². The van der Waals surface area contributed by atoms with Crippen LogP contribution in [0.25, 0.3) is 0 Å². The third-order valence-corrected chi connectivity index (χ3v) is 2.17. The highest BCUT2D eigenvalue weighted by Gasteiger charge is 2.07. The fourth-order valence-corrected chi connectivity index (χ4v) is 1.35. The Kier molecular flexibility index (Phi) is 3.89. The summed E-state index contributed by atoms with van der Waals surface area (Å²) in [6.07, 6.45) is 1.26. The minimum absolute atomic E-state index is 0.110. The van der Waals surface area contributed by atoms with Crippen molar-refractivity contribution in [2.75, 3.05) is 13.7 Å². The van der Waals surface area contributed by atoms with Crippen molar-refractivity contribution < 1.29 is 14.2 Å². The van der Waals surface area contributed by atoms with Gasteiger partial charge in [0.05, 0.1) is 7.11 Å². The van der Waals surface area contributed by atoms with Crippen LogP contribution in [0.3, 0.4) is 0 Å². The topological polar surface area (TPSA) is 29.5 Å². The fourth-order valence-electron chi connectivity index (χ4n) is 1.35. The molecular formula is C11H15FO2. The molecule has 78 valence electrons. The SMILES string of the molecule is COc1cc(C)c(F)cc1CCCO. The molecule has 1 rings (SSSR count). The van der Waals surface area contributed by atoms with E-state index in [1.165, 1.54) is 6.07 Å². The number of hydrogen-bond acceptors (Lipinski definition) is 2. The maximum Gasteiger partial charge on any atom is 0.126 e. The van der Waals surface area contributed by atoms with Crippen molar-refractivity contribution >= 4 is 0 Å². The highest BCUT2D eigenvalue weighted by atomic mass is 19.1. The molecule has 14 heavy (non-hydrogen) atoms. The Bertz CT molecular complexity index is 310. The van der Waals surface area contributed by atoms with Crippen molar-refractivity contribution in [1.29, 1.82) is 0 Å². The van der Waals surface area contributed by atoms with Crippen LogP contribution in [0.15, 0.2) is 12.1 Å². The summed E-state index contributed by atoms with van der Waals surface area (Å²) in [5, 5.41) is 8.68. The van der Waals surface area contributed by atoms with E-state index in [2.05, 4.69) is 0 Å². The predicted octanol–water partition coefficient (Wildman–Crippen LogP) is 2.07. The molecule has 0 aromatic heterocycles. The van der Waals surface area contributed by atoms with Crippen molar-refractivity contribution in [1.82, 2.24) is 0 Å². The standard InChI is InChI=1S/C11H15FO2/c1-8-6-11(14-2)9(4-3-5-13)7-10(8)12/h6-7,13H,3-5H2,1-2H3. The molecule has 0 aliphatic heterocycles. The van der Waals surface area contributed by atoms with Gasteiger partial charge in [-0.2, -0.15) is 0 Å². The van der Waals surface area contributed by atoms with E-state index in [1.807, 2.05) is 0 Å². The predicted molar refractivity (Wildman–Crippen MR) is 53.1 cm³/mol. The van der Waals surface area contributed by atoms with Gasteiger partial charge in [-0.1, -0.05) is 0 Å². The molecule has 3 heteroatoms. The smallest absolute Gasteiger partial charge is 0.126 e. The molecule has 0 saturated carbocycles. The van der Waals surface area contributed by atoms with E-state index in [4.69, 9.17) is 9.84 Å². The molecule has 1 aromatic rings. The summed E-state index contributed by atoms with van der Waals surface area (Å²) in [7, 11) is 1.56. The van der Waals surface area contributed by atoms with Gasteiger partial charge in [0.1, 0.15) is 11.6 Å². The lowest BCUT2D eigenvalue weighted by atomic mass is 10.1. The fraction of sp³-hybridized carbons (Fsp3) is 0.455. The molecule has 0 fully saturated rings. The average molecular weight is 198 g/mol. The zero-order valence-corrected chi connectivity index (χ0v) is 8.51. The first kappa shape index (κ1) is 11.0. The molecule has 0 radical (unpaired) electrons. The third kappa shape index (κ3) is 2.45. The second-order valence-electron chi connectivity index (χ2n) is 3.24. The molecule has 0 atom stereocenters. The Morgan fingerprint density at radius 3 is 2.71 bits per heavy atom. The van der Waals surface area contributed by atoms with Crippen LogP contribution in [-0.2, 0) is 6.42 Å². The molecule has 0 unspecified atom stereocenters. The molecule has 1 aromatic carbocycles. The second-order valence-corrected chi connectivity index (χ2v) is 3.24. The molecule has 0 bridgehead atoms. The normalized spacial score (nSPS) is 10.3. The largest absolute Gasteiger partial charge is 0.496 e. The summed E-state index contributed by atoms with van der Waals surface area (Å²) < 4.78 is 18.3. The van der Waals surface area contributed by atoms with E-state index < -0.39 is 0 Å². The first-order valence-corrected chi connectivity index (χ1v) is 4.63. The first-order chi connectivity index (χ1) is 6.69. The van der Waals surface area contributed by atoms with Gasteiger partial charge in [0.2, 0.25) is 0 Å². The van der Waals surface area contributed by atoms with Crippen molar-refractivity contribution in [3.8, 4) is 5.75 Å². The summed E-state index contributed by atoms with van der Waals surface area (Å²) in [5.74, 6) is 0.469. The Balaban J connectivity index is 2.95. The van der Waals surface area contributed by atoms with Crippen LogP contribution < -0.4 is 4.74 Å². The Morgan fingerprint density at radius 2 is 2.14 bits per heavy atom. The third-order valence-electron chi connectivity index (χ3n) is 2.17. The molecule has 2 nitrogen and oxygen atoms in total. The number of ether oxygens (including phenoxy) is 1. The number of aliphatic hydroxyl groups is 1. The molecule has 0 saturated heterocycles. The summed E-state index contributed by atoms with van der Waals surface area (Å²) in [4.78, 5) is 0. The van der Waals surface area contributed by atoms with Gasteiger partial charge in [-0.05, 0) is 43.0 Å². The Hall–Kier alpha value is -1.09. The van der Waals surface area contributed by atoms with Gasteiger partial charge >= 0.3 is 0 Å². The zero-order chi connectivity index (χ0) is 10.6. The van der Waals surface area contributed by atoms with E-state index >= 15 is 0 Å². The van der Waals surface area contributed by atoms with Crippen LogP contribution >= 0.6 is 0 Å². The Labute approximate surface area is 83.3 Å². The monoisotopic (exact) mass is 198 g/mol. The lowest BCUT2D eigenvalue weighted by Gasteiger charge is -2.09. The number of benzene rings is 1. The molecular weight excluding hydrogens is 183 g/mol. The maximum absolute atomic E-state index is 13.2. The van der Waals surface area contributed by atoms with Crippen LogP contribution in [0.5, 0.6) is 5.75 Å². The van der Waals surface area contributed by atoms with Gasteiger partial charge in [-0.15, -0.1) is 0 Å². The van der Waals surface area contributed by atoms with Crippen molar-refractivity contribution in [3.63, 3.8) is 0 Å². The number of rotatable bonds is 4. The summed E-state index contributed by atoms with van der Waals surface area (Å²) in [5.41, 5.74) is 1.39. The molecule has 1 N–H and O–H groups in total. The van der Waals surface area contributed by atoms with Crippen LogP contribution in [-0.4, -0.2) is 18.8 Å². The zero-order valence-electron chi connectivity index (χ0n) is 8.51. The molecule has 0 spiro atoms. The number of hydrogen-bond donors (Lipinski definition) is 1. The second kappa shape index (κ2) is 4.96. The average Bonchev–Trinajstić information content (AvgIpc) is 2.19. The molecule has 0 aliphatic carbocycles. The van der Waals surface area contributed by atoms with Crippen LogP contribution in [0, 0.1) is 12.7 Å². The number of aryl methyl sites for hydroxylation is 2. The Morgan fingerprint density at radius 1 is 1.43 bits per heavy atom. The summed E-state index contributed by atoms with van der Waals surface area (Å²) >= 11 is 0. The lowest BCUT2D eigenvalue weighted by Crippen LogP contribution is -1.97. The minimum atomic E-state index is -0.223. The molecule has 0 aliphatic rings. The van der Waals surface area contributed by atoms with Gasteiger partial charge in [-0.3, -0.25) is 0 Å². The molecule has 0 amide bonds. The van der Waals surface area contributed by atoms with E-state index in [0.717, 1.165) is 5.56 Å². The lowest BCUT2D eigenvalue weighted by molar-refractivity contribution is 0.287. The van der Waals surface area contributed by atoms with Crippen molar-refractivity contribution in [2.24, 2.45) is 0 Å². The number of halogens is 1. The van der Waals surface area contributed by atoms with Crippen LogP contribution in [0.4, 0.5) is 4.39 Å². The quantitative estimate of drug-likeness (QED) is 0.802. The minimum Gasteiger partial charge on any atom is -0.496 e. The van der Waals surface area contributed by atoms with Gasteiger partial charge in [0.25, 0.3) is 0 Å².